The first-order valence-electron chi connectivity index (χ1n) is 3.68. The van der Waals surface area contributed by atoms with Gasteiger partial charge < -0.3 is 14.9 Å². The van der Waals surface area contributed by atoms with Crippen molar-refractivity contribution in [2.24, 2.45) is 5.92 Å². The number of rotatable bonds is 3. The molecule has 3 atom stereocenters. The Morgan fingerprint density at radius 1 is 1.58 bits per heavy atom. The SMILES string of the molecule is C=CC[C@H]1[CH-]O[C@H](CO)[C@H]1O.[U]. The zero-order chi connectivity index (χ0) is 8.27. The van der Waals surface area contributed by atoms with E-state index in [-0.39, 0.29) is 43.6 Å². The third-order valence-electron chi connectivity index (χ3n) is 1.87. The quantitative estimate of drug-likeness (QED) is 0.527. The summed E-state index contributed by atoms with van der Waals surface area (Å²) < 4.78 is 5.01. The van der Waals surface area contributed by atoms with Crippen molar-refractivity contribution in [3.05, 3.63) is 19.3 Å². The van der Waals surface area contributed by atoms with Crippen molar-refractivity contribution in [1.82, 2.24) is 0 Å². The molecule has 0 unspecified atom stereocenters. The molecule has 0 aliphatic carbocycles. The van der Waals surface area contributed by atoms with E-state index in [1.165, 1.54) is 0 Å². The fourth-order valence-corrected chi connectivity index (χ4v) is 1.18. The molecular weight excluding hydrogens is 382 g/mol. The summed E-state index contributed by atoms with van der Waals surface area (Å²) >= 11 is 0. The molecule has 0 amide bonds. The van der Waals surface area contributed by atoms with Crippen molar-refractivity contribution in [1.29, 1.82) is 0 Å². The van der Waals surface area contributed by atoms with E-state index in [0.717, 1.165) is 0 Å². The fourth-order valence-electron chi connectivity index (χ4n) is 1.18. The standard InChI is InChI=1S/C8H13O3.U/c1-2-3-6-5-11-7(4-9)8(6)10;/h2,5-10H,1,3-4H2;/q-1;/t6-,7+,8-;/m0./s1. The first-order valence-corrected chi connectivity index (χ1v) is 3.68. The predicted octanol–water partition coefficient (Wildman–Crippen LogP) is 0.0925. The van der Waals surface area contributed by atoms with Crippen LogP contribution in [0.15, 0.2) is 12.7 Å². The van der Waals surface area contributed by atoms with Gasteiger partial charge in [0.1, 0.15) is 0 Å². The molecule has 0 saturated carbocycles. The van der Waals surface area contributed by atoms with Crippen molar-refractivity contribution in [2.75, 3.05) is 6.61 Å². The molecule has 0 bridgehead atoms. The van der Waals surface area contributed by atoms with E-state index in [4.69, 9.17) is 9.84 Å². The van der Waals surface area contributed by atoms with Crippen molar-refractivity contribution in [2.45, 2.75) is 18.6 Å². The van der Waals surface area contributed by atoms with Crippen molar-refractivity contribution < 1.29 is 46.1 Å². The average molecular weight is 395 g/mol. The first kappa shape index (κ1) is 12.7. The van der Waals surface area contributed by atoms with Gasteiger partial charge in [0.2, 0.25) is 0 Å². The largest absolute Gasteiger partial charge is 0.546 e. The minimum Gasteiger partial charge on any atom is -0.546 e. The number of hydrogen-bond donors (Lipinski definition) is 2. The van der Waals surface area contributed by atoms with Gasteiger partial charge in [-0.1, -0.05) is 12.5 Å². The Morgan fingerprint density at radius 3 is 2.67 bits per heavy atom. The molecule has 0 radical (unpaired) electrons. The molecule has 4 heteroatoms. The average Bonchev–Trinajstić information content (AvgIpc) is 2.34. The third kappa shape index (κ3) is 2.86. The Kier molecular flexibility index (Phi) is 6.52. The van der Waals surface area contributed by atoms with Gasteiger partial charge in [0.25, 0.3) is 0 Å². The molecule has 0 aromatic carbocycles. The summed E-state index contributed by atoms with van der Waals surface area (Å²) in [6, 6.07) is 0. The summed E-state index contributed by atoms with van der Waals surface area (Å²) in [7, 11) is 0. The summed E-state index contributed by atoms with van der Waals surface area (Å²) in [6.07, 6.45) is 1.39. The minimum absolute atomic E-state index is 0. The molecule has 1 saturated heterocycles. The molecule has 3 nitrogen and oxygen atoms in total. The van der Waals surface area contributed by atoms with E-state index in [1.54, 1.807) is 12.7 Å². The second-order valence-electron chi connectivity index (χ2n) is 2.67. The predicted molar refractivity (Wildman–Crippen MR) is 40.6 cm³/mol. The van der Waals surface area contributed by atoms with Gasteiger partial charge in [0.15, 0.2) is 0 Å². The van der Waals surface area contributed by atoms with Crippen LogP contribution in [0.4, 0.5) is 0 Å². The third-order valence-corrected chi connectivity index (χ3v) is 1.87. The second-order valence-corrected chi connectivity index (χ2v) is 2.67. The van der Waals surface area contributed by atoms with Crippen LogP contribution in [0.25, 0.3) is 0 Å². The Bertz CT molecular complexity index is 140. The molecule has 0 aromatic heterocycles. The Morgan fingerprint density at radius 2 is 2.25 bits per heavy atom. The van der Waals surface area contributed by atoms with Crippen molar-refractivity contribution >= 4 is 0 Å². The number of ether oxygens (including phenoxy) is 1. The number of aliphatic hydroxyl groups is 2. The van der Waals surface area contributed by atoms with E-state index < -0.39 is 12.2 Å². The molecular formula is C8H13O3U-. The molecule has 1 aliphatic rings. The maximum Gasteiger partial charge on any atom is 0.0713 e. The normalized spacial score (nSPS) is 34.3. The number of aliphatic hydroxyl groups excluding tert-OH is 2. The van der Waals surface area contributed by atoms with Gasteiger partial charge in [-0.3, -0.25) is 0 Å². The summed E-state index contributed by atoms with van der Waals surface area (Å²) in [5.41, 5.74) is 0. The molecule has 68 valence electrons. The van der Waals surface area contributed by atoms with Crippen LogP contribution in [-0.4, -0.2) is 29.0 Å². The van der Waals surface area contributed by atoms with Crippen LogP contribution in [0.2, 0.25) is 0 Å². The van der Waals surface area contributed by atoms with Gasteiger partial charge in [-0.15, -0.1) is 12.5 Å². The summed E-state index contributed by atoms with van der Waals surface area (Å²) in [5, 5.41) is 18.1. The maximum atomic E-state index is 9.42. The van der Waals surface area contributed by atoms with Crippen molar-refractivity contribution in [3.8, 4) is 0 Å². The molecule has 2 N–H and O–H groups in total. The fraction of sp³-hybridized carbons (Fsp3) is 0.625. The van der Waals surface area contributed by atoms with Crippen LogP contribution in [0, 0.1) is 43.6 Å². The van der Waals surface area contributed by atoms with Crippen LogP contribution in [0.1, 0.15) is 6.42 Å². The molecule has 0 aromatic rings. The molecule has 0 spiro atoms. The van der Waals surface area contributed by atoms with Crippen molar-refractivity contribution in [3.63, 3.8) is 0 Å². The molecule has 1 aliphatic heterocycles. The summed E-state index contributed by atoms with van der Waals surface area (Å²) in [5.74, 6) is -0.00958. The molecule has 1 rings (SSSR count). The Hall–Kier alpha value is 0.672. The second kappa shape index (κ2) is 6.18. The molecule has 1 fully saturated rings. The van der Waals surface area contributed by atoms with Gasteiger partial charge >= 0.3 is 0 Å². The van der Waals surface area contributed by atoms with E-state index in [2.05, 4.69) is 6.58 Å². The van der Waals surface area contributed by atoms with Gasteiger partial charge in [-0.05, 0) is 0 Å². The van der Waals surface area contributed by atoms with Gasteiger partial charge in [0.05, 0.1) is 18.8 Å². The maximum absolute atomic E-state index is 9.42. The van der Waals surface area contributed by atoms with Crippen LogP contribution >= 0.6 is 0 Å². The smallest absolute Gasteiger partial charge is 0.0713 e. The Balaban J connectivity index is 0.00000121. The van der Waals surface area contributed by atoms with E-state index in [0.29, 0.717) is 6.42 Å². The zero-order valence-corrected chi connectivity index (χ0v) is 11.0. The summed E-state index contributed by atoms with van der Waals surface area (Å²) in [4.78, 5) is 0. The van der Waals surface area contributed by atoms with E-state index in [1.807, 2.05) is 0 Å². The Labute approximate surface area is 96.2 Å². The zero-order valence-electron chi connectivity index (χ0n) is 6.81. The van der Waals surface area contributed by atoms with Gasteiger partial charge in [-0.2, -0.15) is 0 Å². The van der Waals surface area contributed by atoms with Crippen LogP contribution in [-0.2, 0) is 4.74 Å². The number of hydrogen-bond acceptors (Lipinski definition) is 3. The molecule has 1 heterocycles. The van der Waals surface area contributed by atoms with Crippen LogP contribution in [0.3, 0.4) is 0 Å². The summed E-state index contributed by atoms with van der Waals surface area (Å²) in [6.45, 7) is 5.00. The number of allylic oxidation sites excluding steroid dienone is 1. The van der Waals surface area contributed by atoms with E-state index in [9.17, 15) is 5.11 Å². The first-order chi connectivity index (χ1) is 5.29. The minimum atomic E-state index is -0.585. The van der Waals surface area contributed by atoms with Gasteiger partial charge in [0, 0.05) is 31.1 Å². The molecule has 12 heavy (non-hydrogen) atoms. The monoisotopic (exact) mass is 395 g/mol. The van der Waals surface area contributed by atoms with Crippen LogP contribution in [0.5, 0.6) is 0 Å². The van der Waals surface area contributed by atoms with Gasteiger partial charge in [-0.25, -0.2) is 6.61 Å². The topological polar surface area (TPSA) is 49.7 Å². The van der Waals surface area contributed by atoms with E-state index >= 15 is 0 Å². The van der Waals surface area contributed by atoms with Crippen LogP contribution < -0.4 is 0 Å².